The van der Waals surface area contributed by atoms with Gasteiger partial charge in [-0.2, -0.15) is 0 Å². The Morgan fingerprint density at radius 3 is 2.74 bits per heavy atom. The van der Waals surface area contributed by atoms with Gasteiger partial charge in [-0.05, 0) is 57.4 Å². The van der Waals surface area contributed by atoms with Gasteiger partial charge in [-0.1, -0.05) is 11.6 Å². The molecule has 1 N–H and O–H groups in total. The first-order valence-electron chi connectivity index (χ1n) is 9.52. The number of amides is 1. The predicted molar refractivity (Wildman–Crippen MR) is 109 cm³/mol. The molecule has 27 heavy (non-hydrogen) atoms. The summed E-state index contributed by atoms with van der Waals surface area (Å²) in [5.41, 5.74) is 1.25. The molecule has 1 aromatic carbocycles. The number of ether oxygens (including phenoxy) is 1. The first-order chi connectivity index (χ1) is 13.0. The molecule has 5 nitrogen and oxygen atoms in total. The molecule has 0 saturated carbocycles. The van der Waals surface area contributed by atoms with Crippen molar-refractivity contribution in [1.82, 2.24) is 14.8 Å². The average molecular weight is 390 g/mol. The summed E-state index contributed by atoms with van der Waals surface area (Å²) in [6.07, 6.45) is 6.14. The lowest BCUT2D eigenvalue weighted by Gasteiger charge is -2.35. The molecule has 6 heteroatoms. The second kappa shape index (κ2) is 8.81. The number of carbonyl (C=O) groups is 1. The molecule has 1 amide bonds. The van der Waals surface area contributed by atoms with Gasteiger partial charge < -0.3 is 19.5 Å². The van der Waals surface area contributed by atoms with E-state index in [1.54, 1.807) is 19.2 Å². The van der Waals surface area contributed by atoms with Gasteiger partial charge in [0.05, 0.1) is 23.4 Å². The Morgan fingerprint density at radius 2 is 2.07 bits per heavy atom. The van der Waals surface area contributed by atoms with Crippen LogP contribution in [0.25, 0.3) is 5.69 Å². The lowest BCUT2D eigenvalue weighted by atomic mass is 9.97. The quantitative estimate of drug-likeness (QED) is 0.812. The molecule has 2 aromatic rings. The second-order valence-corrected chi connectivity index (χ2v) is 7.81. The fraction of sp³-hybridized carbons (Fsp3) is 0.476. The summed E-state index contributed by atoms with van der Waals surface area (Å²) in [4.78, 5) is 15.2. The van der Waals surface area contributed by atoms with Crippen molar-refractivity contribution in [3.05, 3.63) is 47.2 Å². The van der Waals surface area contributed by atoms with Crippen LogP contribution in [0.4, 0.5) is 0 Å². The number of hydrogen-bond acceptors (Lipinski definition) is 3. The molecule has 0 radical (unpaired) electrons. The van der Waals surface area contributed by atoms with Crippen molar-refractivity contribution >= 4 is 17.5 Å². The minimum absolute atomic E-state index is 0.144. The van der Waals surface area contributed by atoms with Gasteiger partial charge in [0, 0.05) is 37.6 Å². The molecule has 1 fully saturated rings. The van der Waals surface area contributed by atoms with Crippen LogP contribution in [-0.4, -0.2) is 48.2 Å². The van der Waals surface area contributed by atoms with E-state index in [0.717, 1.165) is 25.2 Å². The molecule has 1 aliphatic rings. The molecule has 1 atom stereocenters. The summed E-state index contributed by atoms with van der Waals surface area (Å²) < 4.78 is 7.36. The van der Waals surface area contributed by atoms with Crippen LogP contribution in [0, 0.1) is 5.92 Å². The van der Waals surface area contributed by atoms with Crippen molar-refractivity contribution in [2.75, 3.05) is 26.7 Å². The van der Waals surface area contributed by atoms with E-state index in [0.29, 0.717) is 34.8 Å². The van der Waals surface area contributed by atoms with Crippen molar-refractivity contribution in [3.63, 3.8) is 0 Å². The summed E-state index contributed by atoms with van der Waals surface area (Å²) >= 11 is 6.43. The minimum atomic E-state index is -0.144. The van der Waals surface area contributed by atoms with Crippen LogP contribution in [0.3, 0.4) is 0 Å². The minimum Gasteiger partial charge on any atom is -0.496 e. The van der Waals surface area contributed by atoms with Crippen molar-refractivity contribution in [2.24, 2.45) is 5.92 Å². The molecule has 1 unspecified atom stereocenters. The number of aromatic nitrogens is 1. The maximum atomic E-state index is 12.8. The third-order valence-corrected chi connectivity index (χ3v) is 5.53. The van der Waals surface area contributed by atoms with Gasteiger partial charge in [0.2, 0.25) is 0 Å². The Hall–Kier alpha value is -1.98. The van der Waals surface area contributed by atoms with Crippen LogP contribution >= 0.6 is 11.6 Å². The highest BCUT2D eigenvalue weighted by Crippen LogP contribution is 2.30. The van der Waals surface area contributed by atoms with Gasteiger partial charge in [0.25, 0.3) is 5.91 Å². The van der Waals surface area contributed by atoms with Crippen LogP contribution in [0.1, 0.15) is 37.0 Å². The maximum absolute atomic E-state index is 12.8. The van der Waals surface area contributed by atoms with E-state index in [1.165, 1.54) is 6.42 Å². The first kappa shape index (κ1) is 19.8. The summed E-state index contributed by atoms with van der Waals surface area (Å²) in [7, 11) is 1.57. The third kappa shape index (κ3) is 4.66. The molecule has 1 aromatic heterocycles. The van der Waals surface area contributed by atoms with E-state index in [2.05, 4.69) is 24.1 Å². The number of nitrogens with one attached hydrogen (secondary N) is 1. The number of methoxy groups -OCH3 is 1. The van der Waals surface area contributed by atoms with Crippen molar-refractivity contribution < 1.29 is 9.53 Å². The largest absolute Gasteiger partial charge is 0.496 e. The predicted octanol–water partition coefficient (Wildman–Crippen LogP) is 3.99. The van der Waals surface area contributed by atoms with E-state index >= 15 is 0 Å². The fourth-order valence-electron chi connectivity index (χ4n) is 3.65. The standard InChI is InChI=1S/C21H28ClN3O2/c1-15(2)25-10-6-7-16(14-25)13-23-21(26)17-11-18(22)19(12-20(17)27-3)24-8-4-5-9-24/h4-5,8-9,11-12,15-16H,6-7,10,13-14H2,1-3H3,(H,23,26). The molecule has 1 saturated heterocycles. The SMILES string of the molecule is COc1cc(-n2cccc2)c(Cl)cc1C(=O)NCC1CCCN(C(C)C)C1. The van der Waals surface area contributed by atoms with Gasteiger partial charge >= 0.3 is 0 Å². The van der Waals surface area contributed by atoms with Crippen molar-refractivity contribution in [1.29, 1.82) is 0 Å². The lowest BCUT2D eigenvalue weighted by Crippen LogP contribution is -2.43. The molecule has 0 aliphatic carbocycles. The number of piperidine rings is 1. The van der Waals surface area contributed by atoms with E-state index in [9.17, 15) is 4.79 Å². The summed E-state index contributed by atoms with van der Waals surface area (Å²) in [5, 5.41) is 3.59. The number of rotatable bonds is 6. The Balaban J connectivity index is 1.70. The molecule has 0 bridgehead atoms. The van der Waals surface area contributed by atoms with Gasteiger partial charge in [-0.25, -0.2) is 0 Å². The molecular formula is C21H28ClN3O2. The second-order valence-electron chi connectivity index (χ2n) is 7.40. The van der Waals surface area contributed by atoms with E-state index < -0.39 is 0 Å². The van der Waals surface area contributed by atoms with Gasteiger partial charge in [0.15, 0.2) is 0 Å². The molecule has 0 spiro atoms. The zero-order chi connectivity index (χ0) is 19.4. The van der Waals surface area contributed by atoms with Crippen LogP contribution in [0.15, 0.2) is 36.7 Å². The number of nitrogens with zero attached hydrogens (tertiary/aromatic N) is 2. The highest BCUT2D eigenvalue weighted by atomic mass is 35.5. The Bertz CT molecular complexity index is 774. The van der Waals surface area contributed by atoms with E-state index in [-0.39, 0.29) is 5.91 Å². The van der Waals surface area contributed by atoms with E-state index in [1.807, 2.05) is 29.1 Å². The van der Waals surface area contributed by atoms with Gasteiger partial charge in [-0.15, -0.1) is 0 Å². The number of halogens is 1. The topological polar surface area (TPSA) is 46.5 Å². The maximum Gasteiger partial charge on any atom is 0.255 e. The highest BCUT2D eigenvalue weighted by molar-refractivity contribution is 6.33. The summed E-state index contributed by atoms with van der Waals surface area (Å²) in [5.74, 6) is 0.855. The zero-order valence-electron chi connectivity index (χ0n) is 16.2. The Kier molecular flexibility index (Phi) is 6.45. The Morgan fingerprint density at radius 1 is 1.33 bits per heavy atom. The summed E-state index contributed by atoms with van der Waals surface area (Å²) in [6.45, 7) is 7.29. The number of likely N-dealkylation sites (tertiary alicyclic amines) is 1. The number of benzene rings is 1. The molecule has 3 rings (SSSR count). The molecule has 1 aliphatic heterocycles. The van der Waals surface area contributed by atoms with Crippen LogP contribution < -0.4 is 10.1 Å². The van der Waals surface area contributed by atoms with Crippen LogP contribution in [0.2, 0.25) is 5.02 Å². The molecule has 2 heterocycles. The van der Waals surface area contributed by atoms with Crippen molar-refractivity contribution in [2.45, 2.75) is 32.7 Å². The summed E-state index contributed by atoms with van der Waals surface area (Å²) in [6, 6.07) is 7.89. The van der Waals surface area contributed by atoms with Crippen molar-refractivity contribution in [3.8, 4) is 11.4 Å². The highest BCUT2D eigenvalue weighted by Gasteiger charge is 2.23. The fourth-order valence-corrected chi connectivity index (χ4v) is 3.91. The number of carbonyl (C=O) groups excluding carboxylic acids is 1. The normalized spacial score (nSPS) is 17.9. The first-order valence-corrected chi connectivity index (χ1v) is 9.90. The molecular weight excluding hydrogens is 362 g/mol. The van der Waals surface area contributed by atoms with Gasteiger partial charge in [0.1, 0.15) is 5.75 Å². The van der Waals surface area contributed by atoms with Crippen LogP contribution in [-0.2, 0) is 0 Å². The Labute approximate surface area is 166 Å². The van der Waals surface area contributed by atoms with E-state index in [4.69, 9.17) is 16.3 Å². The molecule has 146 valence electrons. The average Bonchev–Trinajstić information content (AvgIpc) is 3.20. The van der Waals surface area contributed by atoms with Crippen LogP contribution in [0.5, 0.6) is 5.75 Å². The third-order valence-electron chi connectivity index (χ3n) is 5.23. The monoisotopic (exact) mass is 389 g/mol. The number of hydrogen-bond donors (Lipinski definition) is 1. The van der Waals surface area contributed by atoms with Gasteiger partial charge in [-0.3, -0.25) is 4.79 Å². The lowest BCUT2D eigenvalue weighted by molar-refractivity contribution is 0.0920. The zero-order valence-corrected chi connectivity index (χ0v) is 17.0. The smallest absolute Gasteiger partial charge is 0.255 e.